The third-order valence-electron chi connectivity index (χ3n) is 3.40. The number of carboxylic acid groups (broad SMARTS) is 1. The molecular formula is C12H13BrO2. The number of hydrogen-bond acceptors (Lipinski definition) is 1. The fourth-order valence-corrected chi connectivity index (χ4v) is 2.48. The molecule has 1 N–H and O–H groups in total. The third kappa shape index (κ3) is 1.69. The average Bonchev–Trinajstić information content (AvgIpc) is 2.95. The van der Waals surface area contributed by atoms with Crippen LogP contribution in [0.2, 0.25) is 0 Å². The molecule has 1 aliphatic carbocycles. The van der Waals surface area contributed by atoms with Crippen molar-refractivity contribution < 1.29 is 9.90 Å². The van der Waals surface area contributed by atoms with Crippen LogP contribution in [0.5, 0.6) is 0 Å². The van der Waals surface area contributed by atoms with Gasteiger partial charge in [0, 0.05) is 10.4 Å². The lowest BCUT2D eigenvalue weighted by atomic mass is 9.96. The lowest BCUT2D eigenvalue weighted by molar-refractivity contribution is -0.143. The van der Waals surface area contributed by atoms with Crippen molar-refractivity contribution in [3.63, 3.8) is 0 Å². The Labute approximate surface area is 97.4 Å². The number of carboxylic acids is 1. The van der Waals surface area contributed by atoms with Gasteiger partial charge in [-0.25, -0.2) is 0 Å². The highest BCUT2D eigenvalue weighted by atomic mass is 79.9. The molecule has 0 heterocycles. The molecule has 1 aromatic carbocycles. The smallest absolute Gasteiger partial charge is 0.310 e. The van der Waals surface area contributed by atoms with Crippen LogP contribution in [0.15, 0.2) is 28.7 Å². The zero-order valence-corrected chi connectivity index (χ0v) is 10.1. The lowest BCUT2D eigenvalue weighted by Crippen LogP contribution is -2.15. The summed E-state index contributed by atoms with van der Waals surface area (Å²) >= 11 is 3.37. The van der Waals surface area contributed by atoms with E-state index in [0.29, 0.717) is 6.42 Å². The summed E-state index contributed by atoms with van der Waals surface area (Å²) in [5.74, 6) is -0.453. The van der Waals surface area contributed by atoms with Crippen LogP contribution < -0.4 is 0 Å². The van der Waals surface area contributed by atoms with Gasteiger partial charge >= 0.3 is 5.97 Å². The van der Waals surface area contributed by atoms with Crippen molar-refractivity contribution in [1.29, 1.82) is 0 Å². The zero-order chi connectivity index (χ0) is 11.1. The van der Waals surface area contributed by atoms with Crippen molar-refractivity contribution in [2.75, 3.05) is 0 Å². The summed E-state index contributed by atoms with van der Waals surface area (Å²) in [7, 11) is 0. The molecule has 2 rings (SSSR count). The van der Waals surface area contributed by atoms with Crippen molar-refractivity contribution in [1.82, 2.24) is 0 Å². The van der Waals surface area contributed by atoms with E-state index in [0.717, 1.165) is 16.5 Å². The van der Waals surface area contributed by atoms with E-state index in [2.05, 4.69) is 15.9 Å². The molecule has 1 aliphatic rings. The normalized spacial score (nSPS) is 28.8. The quantitative estimate of drug-likeness (QED) is 0.912. The van der Waals surface area contributed by atoms with E-state index in [1.807, 2.05) is 31.2 Å². The first-order valence-corrected chi connectivity index (χ1v) is 5.88. The number of halogens is 1. The third-order valence-corrected chi connectivity index (χ3v) is 3.93. The zero-order valence-electron chi connectivity index (χ0n) is 8.53. The highest BCUT2D eigenvalue weighted by Crippen LogP contribution is 2.61. The summed E-state index contributed by atoms with van der Waals surface area (Å²) in [5.41, 5.74) is 0.649. The van der Waals surface area contributed by atoms with E-state index in [1.54, 1.807) is 0 Å². The molecule has 80 valence electrons. The molecule has 0 bridgehead atoms. The van der Waals surface area contributed by atoms with E-state index in [9.17, 15) is 9.90 Å². The Bertz CT molecular complexity index is 385. The summed E-state index contributed by atoms with van der Waals surface area (Å²) in [4.78, 5) is 11.2. The monoisotopic (exact) mass is 268 g/mol. The Kier molecular flexibility index (Phi) is 2.59. The molecule has 1 aromatic rings. The van der Waals surface area contributed by atoms with Gasteiger partial charge < -0.3 is 5.11 Å². The first-order chi connectivity index (χ1) is 7.10. The Morgan fingerprint density at radius 3 is 2.53 bits per heavy atom. The van der Waals surface area contributed by atoms with Gasteiger partial charge in [-0.1, -0.05) is 35.0 Å². The molecule has 0 saturated heterocycles. The minimum Gasteiger partial charge on any atom is -0.481 e. The molecule has 0 aliphatic heterocycles. The Balaban J connectivity index is 2.22. The van der Waals surface area contributed by atoms with Crippen LogP contribution in [0.1, 0.15) is 31.2 Å². The van der Waals surface area contributed by atoms with Gasteiger partial charge in [0.25, 0.3) is 0 Å². The summed E-state index contributed by atoms with van der Waals surface area (Å²) in [5, 5.41) is 9.18. The fraction of sp³-hybridized carbons (Fsp3) is 0.417. The van der Waals surface area contributed by atoms with E-state index in [4.69, 9.17) is 0 Å². The van der Waals surface area contributed by atoms with Crippen molar-refractivity contribution in [2.24, 2.45) is 5.41 Å². The predicted octanol–water partition coefficient (Wildman–Crippen LogP) is 3.42. The van der Waals surface area contributed by atoms with Crippen LogP contribution >= 0.6 is 15.9 Å². The molecule has 15 heavy (non-hydrogen) atoms. The van der Waals surface area contributed by atoms with E-state index in [-0.39, 0.29) is 5.92 Å². The Morgan fingerprint density at radius 2 is 2.13 bits per heavy atom. The minimum atomic E-state index is -0.655. The van der Waals surface area contributed by atoms with E-state index < -0.39 is 11.4 Å². The second-order valence-corrected chi connectivity index (χ2v) is 5.04. The first kappa shape index (κ1) is 10.7. The largest absolute Gasteiger partial charge is 0.481 e. The van der Waals surface area contributed by atoms with Gasteiger partial charge in [0.2, 0.25) is 0 Å². The minimum absolute atomic E-state index is 0.202. The summed E-state index contributed by atoms with van der Waals surface area (Å²) in [6.45, 7) is 1.95. The molecular weight excluding hydrogens is 256 g/mol. The van der Waals surface area contributed by atoms with Crippen molar-refractivity contribution in [3.05, 3.63) is 34.3 Å². The SMILES string of the molecule is CC[C@]1(C(=O)O)C[C@H]1c1ccc(Br)cc1. The van der Waals surface area contributed by atoms with Crippen LogP contribution in [-0.2, 0) is 4.79 Å². The van der Waals surface area contributed by atoms with Crippen molar-refractivity contribution in [2.45, 2.75) is 25.7 Å². The maximum Gasteiger partial charge on any atom is 0.310 e. The highest BCUT2D eigenvalue weighted by Gasteiger charge is 2.59. The van der Waals surface area contributed by atoms with Gasteiger partial charge in [0.15, 0.2) is 0 Å². The molecule has 2 nitrogen and oxygen atoms in total. The van der Waals surface area contributed by atoms with Gasteiger partial charge in [0.1, 0.15) is 0 Å². The molecule has 0 radical (unpaired) electrons. The van der Waals surface area contributed by atoms with Gasteiger partial charge in [-0.15, -0.1) is 0 Å². The maximum absolute atomic E-state index is 11.2. The van der Waals surface area contributed by atoms with Gasteiger partial charge in [-0.3, -0.25) is 4.79 Å². The predicted molar refractivity (Wildman–Crippen MR) is 61.9 cm³/mol. The molecule has 0 unspecified atom stereocenters. The molecule has 1 saturated carbocycles. The molecule has 0 amide bonds. The van der Waals surface area contributed by atoms with Crippen molar-refractivity contribution >= 4 is 21.9 Å². The van der Waals surface area contributed by atoms with Crippen LogP contribution in [0.3, 0.4) is 0 Å². The van der Waals surface area contributed by atoms with Crippen LogP contribution in [-0.4, -0.2) is 11.1 Å². The number of hydrogen-bond donors (Lipinski definition) is 1. The van der Waals surface area contributed by atoms with E-state index >= 15 is 0 Å². The van der Waals surface area contributed by atoms with Gasteiger partial charge in [-0.05, 0) is 30.5 Å². The second kappa shape index (κ2) is 3.63. The van der Waals surface area contributed by atoms with Crippen molar-refractivity contribution in [3.8, 4) is 0 Å². The highest BCUT2D eigenvalue weighted by molar-refractivity contribution is 9.10. The van der Waals surface area contributed by atoms with Crippen LogP contribution in [0.25, 0.3) is 0 Å². The first-order valence-electron chi connectivity index (χ1n) is 5.09. The lowest BCUT2D eigenvalue weighted by Gasteiger charge is -2.08. The summed E-state index contributed by atoms with van der Waals surface area (Å²) in [6, 6.07) is 7.95. The summed E-state index contributed by atoms with van der Waals surface area (Å²) in [6.07, 6.45) is 1.49. The second-order valence-electron chi connectivity index (χ2n) is 4.12. The van der Waals surface area contributed by atoms with Crippen LogP contribution in [0, 0.1) is 5.41 Å². The van der Waals surface area contributed by atoms with E-state index in [1.165, 1.54) is 0 Å². The van der Waals surface area contributed by atoms with Crippen LogP contribution in [0.4, 0.5) is 0 Å². The average molecular weight is 269 g/mol. The number of aliphatic carboxylic acids is 1. The Hall–Kier alpha value is -0.830. The summed E-state index contributed by atoms with van der Waals surface area (Å²) < 4.78 is 1.03. The topological polar surface area (TPSA) is 37.3 Å². The maximum atomic E-state index is 11.2. The number of carbonyl (C=O) groups is 1. The standard InChI is InChI=1S/C12H13BrO2/c1-2-12(11(14)15)7-10(12)8-3-5-9(13)6-4-8/h3-6,10H,2,7H2,1H3,(H,14,15)/t10-,12-/m0/s1. The Morgan fingerprint density at radius 1 is 1.53 bits per heavy atom. The molecule has 2 atom stereocenters. The fourth-order valence-electron chi connectivity index (χ4n) is 2.22. The molecule has 0 aromatic heterocycles. The number of rotatable bonds is 3. The number of benzene rings is 1. The van der Waals surface area contributed by atoms with Gasteiger partial charge in [0.05, 0.1) is 5.41 Å². The molecule has 3 heteroatoms. The molecule has 1 fully saturated rings. The van der Waals surface area contributed by atoms with Gasteiger partial charge in [-0.2, -0.15) is 0 Å². The molecule has 0 spiro atoms.